The van der Waals surface area contributed by atoms with Crippen molar-refractivity contribution in [2.75, 3.05) is 13.6 Å². The lowest BCUT2D eigenvalue weighted by molar-refractivity contribution is -0.138. The maximum atomic E-state index is 13.4. The number of hydrogen-bond acceptors (Lipinski definition) is 2. The van der Waals surface area contributed by atoms with Crippen molar-refractivity contribution in [2.24, 2.45) is 0 Å². The van der Waals surface area contributed by atoms with Gasteiger partial charge in [0.1, 0.15) is 0 Å². The zero-order chi connectivity index (χ0) is 18.5. The Labute approximate surface area is 143 Å². The van der Waals surface area contributed by atoms with Gasteiger partial charge in [0.15, 0.2) is 0 Å². The molecule has 2 aliphatic rings. The highest BCUT2D eigenvalue weighted by Crippen LogP contribution is 2.41. The van der Waals surface area contributed by atoms with Crippen LogP contribution in [0.3, 0.4) is 0 Å². The first-order valence-corrected chi connectivity index (χ1v) is 7.87. The van der Waals surface area contributed by atoms with Gasteiger partial charge in [-0.25, -0.2) is 4.79 Å². The minimum absolute atomic E-state index is 0.122. The van der Waals surface area contributed by atoms with Crippen molar-refractivity contribution in [3.8, 4) is 0 Å². The summed E-state index contributed by atoms with van der Waals surface area (Å²) in [5.41, 5.74) is -0.327. The van der Waals surface area contributed by atoms with Crippen LogP contribution in [0.15, 0.2) is 35.5 Å². The van der Waals surface area contributed by atoms with Gasteiger partial charge in [-0.3, -0.25) is 9.69 Å². The zero-order valence-corrected chi connectivity index (χ0v) is 14.0. The maximum absolute atomic E-state index is 13.4. The summed E-state index contributed by atoms with van der Waals surface area (Å²) in [6.07, 6.45) is -4.58. The Morgan fingerprint density at radius 3 is 2.44 bits per heavy atom. The second-order valence-corrected chi connectivity index (χ2v) is 6.41. The van der Waals surface area contributed by atoms with Gasteiger partial charge in [0, 0.05) is 13.1 Å². The summed E-state index contributed by atoms with van der Waals surface area (Å²) in [6.45, 7) is 3.86. The van der Waals surface area contributed by atoms with Crippen LogP contribution in [0.5, 0.6) is 0 Å². The number of likely N-dealkylation sites (N-methyl/N-ethyl adjacent to an activating group) is 1. The first-order valence-electron chi connectivity index (χ1n) is 7.87. The van der Waals surface area contributed by atoms with Crippen LogP contribution in [0, 0.1) is 0 Å². The first kappa shape index (κ1) is 17.3. The van der Waals surface area contributed by atoms with E-state index in [1.165, 1.54) is 30.1 Å². The third kappa shape index (κ3) is 2.75. The largest absolute Gasteiger partial charge is 0.416 e. The lowest BCUT2D eigenvalue weighted by Crippen LogP contribution is -2.45. The Kier molecular flexibility index (Phi) is 4.01. The van der Waals surface area contributed by atoms with Crippen molar-refractivity contribution >= 4 is 11.9 Å². The Bertz CT molecular complexity index is 771. The van der Waals surface area contributed by atoms with Crippen molar-refractivity contribution in [3.63, 3.8) is 0 Å². The Balaban J connectivity index is 2.15. The summed E-state index contributed by atoms with van der Waals surface area (Å²) in [5, 5.41) is 2.54. The summed E-state index contributed by atoms with van der Waals surface area (Å²) in [6, 6.07) is 3.24. The number of carbonyl (C=O) groups is 2. The summed E-state index contributed by atoms with van der Waals surface area (Å²) in [4.78, 5) is 27.9. The van der Waals surface area contributed by atoms with Crippen molar-refractivity contribution in [1.82, 2.24) is 15.1 Å². The molecule has 0 spiro atoms. The molecule has 25 heavy (non-hydrogen) atoms. The van der Waals surface area contributed by atoms with Crippen LogP contribution in [-0.4, -0.2) is 41.4 Å². The van der Waals surface area contributed by atoms with E-state index in [1.54, 1.807) is 4.90 Å². The number of benzene rings is 1. The monoisotopic (exact) mass is 353 g/mol. The molecule has 2 aliphatic heterocycles. The van der Waals surface area contributed by atoms with Gasteiger partial charge in [0.05, 0.1) is 29.4 Å². The third-order valence-corrected chi connectivity index (χ3v) is 4.59. The van der Waals surface area contributed by atoms with Gasteiger partial charge in [-0.15, -0.1) is 0 Å². The molecule has 2 heterocycles. The molecular weight excluding hydrogens is 335 g/mol. The molecule has 3 rings (SSSR count). The van der Waals surface area contributed by atoms with Gasteiger partial charge in [-0.2, -0.15) is 13.2 Å². The van der Waals surface area contributed by atoms with E-state index in [9.17, 15) is 22.8 Å². The molecule has 134 valence electrons. The molecule has 0 aliphatic carbocycles. The fourth-order valence-corrected chi connectivity index (χ4v) is 3.25. The van der Waals surface area contributed by atoms with Crippen LogP contribution in [0.2, 0.25) is 0 Å². The molecule has 1 aromatic rings. The second-order valence-electron chi connectivity index (χ2n) is 6.41. The van der Waals surface area contributed by atoms with Crippen molar-refractivity contribution in [2.45, 2.75) is 32.1 Å². The Hall–Kier alpha value is -2.51. The number of amides is 3. The highest BCUT2D eigenvalue weighted by Gasteiger charge is 2.46. The fourth-order valence-electron chi connectivity index (χ4n) is 3.25. The van der Waals surface area contributed by atoms with Gasteiger partial charge in [-0.1, -0.05) is 18.2 Å². The molecule has 5 nitrogen and oxygen atoms in total. The molecule has 1 N–H and O–H groups in total. The first-order chi connectivity index (χ1) is 11.6. The van der Waals surface area contributed by atoms with E-state index in [-0.39, 0.29) is 29.6 Å². The van der Waals surface area contributed by atoms with E-state index in [1.807, 2.05) is 13.8 Å². The highest BCUT2D eigenvalue weighted by molar-refractivity contribution is 6.01. The minimum atomic E-state index is -4.58. The molecule has 0 saturated heterocycles. The van der Waals surface area contributed by atoms with E-state index in [0.717, 1.165) is 6.07 Å². The molecule has 1 aromatic carbocycles. The van der Waals surface area contributed by atoms with Crippen LogP contribution < -0.4 is 5.32 Å². The topological polar surface area (TPSA) is 52.7 Å². The second kappa shape index (κ2) is 5.79. The predicted octanol–water partition coefficient (Wildman–Crippen LogP) is 2.91. The van der Waals surface area contributed by atoms with E-state index >= 15 is 0 Å². The van der Waals surface area contributed by atoms with E-state index < -0.39 is 23.8 Å². The van der Waals surface area contributed by atoms with E-state index in [0.29, 0.717) is 5.70 Å². The molecule has 0 fully saturated rings. The van der Waals surface area contributed by atoms with Crippen LogP contribution in [-0.2, 0) is 11.0 Å². The fraction of sp³-hybridized carbons (Fsp3) is 0.412. The number of carbonyl (C=O) groups excluding carboxylic acids is 2. The number of nitrogens with one attached hydrogen (secondary N) is 1. The van der Waals surface area contributed by atoms with Crippen LogP contribution in [0.1, 0.15) is 31.0 Å². The van der Waals surface area contributed by atoms with Crippen molar-refractivity contribution in [1.29, 1.82) is 0 Å². The maximum Gasteiger partial charge on any atom is 0.416 e. The molecule has 3 amide bonds. The van der Waals surface area contributed by atoms with Crippen LogP contribution in [0.25, 0.3) is 0 Å². The Morgan fingerprint density at radius 1 is 1.20 bits per heavy atom. The van der Waals surface area contributed by atoms with Gasteiger partial charge in [0.25, 0.3) is 5.91 Å². The minimum Gasteiger partial charge on any atom is -0.331 e. The molecule has 0 radical (unpaired) electrons. The summed E-state index contributed by atoms with van der Waals surface area (Å²) >= 11 is 0. The zero-order valence-electron chi connectivity index (χ0n) is 14.0. The summed E-state index contributed by atoms with van der Waals surface area (Å²) in [7, 11) is 1.51. The SMILES string of the molecule is CC(C)N1CC2=C(C1=O)[C@H](c1ccccc1C(F)(F)F)NC(=O)N2C. The van der Waals surface area contributed by atoms with E-state index in [2.05, 4.69) is 5.32 Å². The number of nitrogens with zero attached hydrogens (tertiary/aromatic N) is 2. The highest BCUT2D eigenvalue weighted by atomic mass is 19.4. The van der Waals surface area contributed by atoms with Gasteiger partial charge < -0.3 is 10.2 Å². The number of halogens is 3. The third-order valence-electron chi connectivity index (χ3n) is 4.59. The molecule has 0 unspecified atom stereocenters. The summed E-state index contributed by atoms with van der Waals surface area (Å²) < 4.78 is 40.2. The smallest absolute Gasteiger partial charge is 0.331 e. The molecule has 0 bridgehead atoms. The molecule has 0 saturated carbocycles. The van der Waals surface area contributed by atoms with Crippen LogP contribution in [0.4, 0.5) is 18.0 Å². The van der Waals surface area contributed by atoms with Crippen LogP contribution >= 0.6 is 0 Å². The van der Waals surface area contributed by atoms with Crippen molar-refractivity contribution < 1.29 is 22.8 Å². The quantitative estimate of drug-likeness (QED) is 0.889. The molecule has 0 aromatic heterocycles. The normalized spacial score (nSPS) is 21.2. The van der Waals surface area contributed by atoms with E-state index in [4.69, 9.17) is 0 Å². The lowest BCUT2D eigenvalue weighted by Gasteiger charge is -2.32. The summed E-state index contributed by atoms with van der Waals surface area (Å²) in [5.74, 6) is -0.348. The number of alkyl halides is 3. The number of rotatable bonds is 2. The average Bonchev–Trinajstić information content (AvgIpc) is 2.88. The average molecular weight is 353 g/mol. The van der Waals surface area contributed by atoms with Gasteiger partial charge in [0.2, 0.25) is 0 Å². The van der Waals surface area contributed by atoms with Gasteiger partial charge in [-0.05, 0) is 25.5 Å². The standard InChI is InChI=1S/C17H18F3N3O2/c1-9(2)23-8-12-13(15(23)24)14(21-16(25)22(12)3)10-6-4-5-7-11(10)17(18,19)20/h4-7,9,14H,8H2,1-3H3,(H,21,25)/t14-/m0/s1. The Morgan fingerprint density at radius 2 is 1.84 bits per heavy atom. The molecule has 8 heteroatoms. The number of urea groups is 1. The number of hydrogen-bond donors (Lipinski definition) is 1. The van der Waals surface area contributed by atoms with Gasteiger partial charge >= 0.3 is 12.2 Å². The lowest BCUT2D eigenvalue weighted by atomic mass is 9.92. The molecular formula is C17H18F3N3O2. The molecule has 1 atom stereocenters. The predicted molar refractivity (Wildman–Crippen MR) is 84.4 cm³/mol. The van der Waals surface area contributed by atoms with Crippen molar-refractivity contribution in [3.05, 3.63) is 46.7 Å².